The van der Waals surface area contributed by atoms with Gasteiger partial charge in [0.15, 0.2) is 5.43 Å². The average Bonchev–Trinajstić information content (AvgIpc) is 2.41. The van der Waals surface area contributed by atoms with Crippen LogP contribution in [0.5, 0.6) is 0 Å². The van der Waals surface area contributed by atoms with E-state index in [4.69, 9.17) is 9.52 Å². The van der Waals surface area contributed by atoms with Crippen LogP contribution in [-0.2, 0) is 11.2 Å². The summed E-state index contributed by atoms with van der Waals surface area (Å²) in [6.45, 7) is 0. The molecule has 1 aromatic heterocycles. The van der Waals surface area contributed by atoms with E-state index < -0.39 is 5.97 Å². The molecule has 0 amide bonds. The van der Waals surface area contributed by atoms with Crippen LogP contribution >= 0.6 is 0 Å². The Morgan fingerprint density at radius 1 is 1.11 bits per heavy atom. The summed E-state index contributed by atoms with van der Waals surface area (Å²) in [6.07, 6.45) is 0.913. The van der Waals surface area contributed by atoms with Gasteiger partial charge in [0.2, 0.25) is 0 Å². The Morgan fingerprint density at radius 3 is 2.68 bits per heavy atom. The number of fused-ring (bicyclic) bond motifs is 3. The number of aliphatic carboxylic acids is 1. The Labute approximate surface area is 107 Å². The van der Waals surface area contributed by atoms with Gasteiger partial charge in [-0.05, 0) is 11.5 Å². The van der Waals surface area contributed by atoms with Gasteiger partial charge in [0.25, 0.3) is 0 Å². The first-order valence-corrected chi connectivity index (χ1v) is 5.81. The van der Waals surface area contributed by atoms with E-state index >= 15 is 0 Å². The molecule has 0 atom stereocenters. The molecule has 0 saturated heterocycles. The fourth-order valence-electron chi connectivity index (χ4n) is 2.19. The molecule has 0 radical (unpaired) electrons. The molecule has 0 spiro atoms. The van der Waals surface area contributed by atoms with Gasteiger partial charge in [0, 0.05) is 10.9 Å². The molecular weight excluding hydrogens is 244 g/mol. The van der Waals surface area contributed by atoms with Gasteiger partial charge >= 0.3 is 5.97 Å². The minimum absolute atomic E-state index is 0.162. The Bertz CT molecular complexity index is 846. The van der Waals surface area contributed by atoms with E-state index in [1.807, 2.05) is 30.3 Å². The van der Waals surface area contributed by atoms with Gasteiger partial charge in [-0.2, -0.15) is 0 Å². The quantitative estimate of drug-likeness (QED) is 0.714. The maximum absolute atomic E-state index is 12.2. The smallest absolute Gasteiger partial charge is 0.308 e. The minimum atomic E-state index is -1.05. The maximum Gasteiger partial charge on any atom is 0.308 e. The molecule has 0 unspecified atom stereocenters. The van der Waals surface area contributed by atoms with E-state index in [2.05, 4.69) is 0 Å². The number of benzene rings is 2. The summed E-state index contributed by atoms with van der Waals surface area (Å²) < 4.78 is 5.47. The fourth-order valence-corrected chi connectivity index (χ4v) is 2.19. The molecule has 1 heterocycles. The zero-order chi connectivity index (χ0) is 13.4. The molecule has 4 nitrogen and oxygen atoms in total. The number of hydrogen-bond donors (Lipinski definition) is 1. The Hall–Kier alpha value is -2.62. The normalized spacial score (nSPS) is 10.9. The van der Waals surface area contributed by atoms with Crippen molar-refractivity contribution in [1.29, 1.82) is 0 Å². The lowest BCUT2D eigenvalue weighted by molar-refractivity contribution is -0.136. The third kappa shape index (κ3) is 1.87. The highest BCUT2D eigenvalue weighted by atomic mass is 16.4. The molecule has 4 heteroatoms. The second-order valence-electron chi connectivity index (χ2n) is 4.32. The first-order valence-electron chi connectivity index (χ1n) is 5.81. The predicted molar refractivity (Wildman–Crippen MR) is 71.3 cm³/mol. The highest BCUT2D eigenvalue weighted by Crippen LogP contribution is 2.23. The van der Waals surface area contributed by atoms with Crippen molar-refractivity contribution < 1.29 is 14.3 Å². The van der Waals surface area contributed by atoms with Crippen molar-refractivity contribution >= 4 is 27.7 Å². The first kappa shape index (κ1) is 11.5. The average molecular weight is 254 g/mol. The van der Waals surface area contributed by atoms with Gasteiger partial charge in [-0.1, -0.05) is 30.3 Å². The molecule has 94 valence electrons. The van der Waals surface area contributed by atoms with Crippen LogP contribution in [0.25, 0.3) is 21.7 Å². The zero-order valence-corrected chi connectivity index (χ0v) is 9.92. The van der Waals surface area contributed by atoms with Crippen molar-refractivity contribution in [2.45, 2.75) is 6.42 Å². The van der Waals surface area contributed by atoms with E-state index in [9.17, 15) is 9.59 Å². The van der Waals surface area contributed by atoms with Crippen molar-refractivity contribution in [3.8, 4) is 0 Å². The summed E-state index contributed by atoms with van der Waals surface area (Å²) in [5.74, 6) is -1.05. The molecule has 2 aromatic carbocycles. The highest BCUT2D eigenvalue weighted by Gasteiger charge is 2.11. The van der Waals surface area contributed by atoms with Crippen LogP contribution in [0.2, 0.25) is 0 Å². The molecule has 3 rings (SSSR count). The van der Waals surface area contributed by atoms with E-state index in [0.29, 0.717) is 11.0 Å². The summed E-state index contributed by atoms with van der Waals surface area (Å²) in [6, 6.07) is 11.1. The van der Waals surface area contributed by atoms with Crippen molar-refractivity contribution in [3.63, 3.8) is 0 Å². The molecule has 19 heavy (non-hydrogen) atoms. The standard InChI is InChI=1S/C15H10O4/c16-13(17)7-10-8-19-15-11-4-2-1-3-9(11)5-6-12(15)14(10)18/h1-6,8H,7H2,(H,16,17). The molecule has 0 bridgehead atoms. The summed E-state index contributed by atoms with van der Waals surface area (Å²) in [5, 5.41) is 11.0. The van der Waals surface area contributed by atoms with Crippen LogP contribution in [0.1, 0.15) is 5.56 Å². The molecule has 0 aliphatic rings. The van der Waals surface area contributed by atoms with Gasteiger partial charge in [0.05, 0.1) is 18.1 Å². The number of rotatable bonds is 2. The van der Waals surface area contributed by atoms with Crippen LogP contribution < -0.4 is 5.43 Å². The topological polar surface area (TPSA) is 67.5 Å². The highest BCUT2D eigenvalue weighted by molar-refractivity contribution is 6.03. The van der Waals surface area contributed by atoms with Gasteiger partial charge in [-0.15, -0.1) is 0 Å². The van der Waals surface area contributed by atoms with Gasteiger partial charge < -0.3 is 9.52 Å². The lowest BCUT2D eigenvalue weighted by atomic mass is 10.1. The van der Waals surface area contributed by atoms with E-state index in [1.54, 1.807) is 6.07 Å². The molecule has 0 aliphatic carbocycles. The lowest BCUT2D eigenvalue weighted by Crippen LogP contribution is -2.13. The minimum Gasteiger partial charge on any atom is -0.481 e. The Balaban J connectivity index is 2.36. The third-order valence-corrected chi connectivity index (χ3v) is 3.08. The predicted octanol–water partition coefficient (Wildman–Crippen LogP) is 2.57. The van der Waals surface area contributed by atoms with E-state index in [-0.39, 0.29) is 17.4 Å². The van der Waals surface area contributed by atoms with Gasteiger partial charge in [-0.3, -0.25) is 9.59 Å². The van der Waals surface area contributed by atoms with Crippen molar-refractivity contribution in [3.05, 3.63) is 58.4 Å². The number of hydrogen-bond acceptors (Lipinski definition) is 3. The largest absolute Gasteiger partial charge is 0.481 e. The third-order valence-electron chi connectivity index (χ3n) is 3.08. The molecule has 1 N–H and O–H groups in total. The fraction of sp³-hybridized carbons (Fsp3) is 0.0667. The second kappa shape index (κ2) is 4.24. The number of carboxylic acids is 1. The van der Waals surface area contributed by atoms with Crippen LogP contribution in [0.3, 0.4) is 0 Å². The second-order valence-corrected chi connectivity index (χ2v) is 4.32. The van der Waals surface area contributed by atoms with Crippen LogP contribution in [0.4, 0.5) is 0 Å². The zero-order valence-electron chi connectivity index (χ0n) is 9.92. The molecule has 0 aliphatic heterocycles. The summed E-state index contributed by atoms with van der Waals surface area (Å²) in [5.41, 5.74) is 0.377. The number of carbonyl (C=O) groups is 1. The Morgan fingerprint density at radius 2 is 1.89 bits per heavy atom. The van der Waals surface area contributed by atoms with Crippen molar-refractivity contribution in [1.82, 2.24) is 0 Å². The van der Waals surface area contributed by atoms with Crippen LogP contribution in [0.15, 0.2) is 51.9 Å². The monoisotopic (exact) mass is 254 g/mol. The van der Waals surface area contributed by atoms with Crippen molar-refractivity contribution in [2.75, 3.05) is 0 Å². The molecule has 0 fully saturated rings. The maximum atomic E-state index is 12.2. The van der Waals surface area contributed by atoms with Crippen LogP contribution in [0, 0.1) is 0 Å². The van der Waals surface area contributed by atoms with Crippen LogP contribution in [-0.4, -0.2) is 11.1 Å². The Kier molecular flexibility index (Phi) is 2.56. The van der Waals surface area contributed by atoms with E-state index in [1.165, 1.54) is 6.26 Å². The summed E-state index contributed by atoms with van der Waals surface area (Å²) in [4.78, 5) is 22.9. The van der Waals surface area contributed by atoms with Gasteiger partial charge in [0.1, 0.15) is 5.58 Å². The number of carboxylic acid groups (broad SMARTS) is 1. The van der Waals surface area contributed by atoms with Crippen molar-refractivity contribution in [2.24, 2.45) is 0 Å². The molecular formula is C15H10O4. The first-order chi connectivity index (χ1) is 9.16. The molecule has 0 saturated carbocycles. The SMILES string of the molecule is O=C(O)Cc1coc2c(ccc3ccccc32)c1=O. The molecule has 3 aromatic rings. The lowest BCUT2D eigenvalue weighted by Gasteiger charge is -2.03. The van der Waals surface area contributed by atoms with E-state index in [0.717, 1.165) is 10.8 Å². The van der Waals surface area contributed by atoms with Gasteiger partial charge in [-0.25, -0.2) is 0 Å². The summed E-state index contributed by atoms with van der Waals surface area (Å²) in [7, 11) is 0. The summed E-state index contributed by atoms with van der Waals surface area (Å²) >= 11 is 0.